The molecule has 4 nitrogen and oxygen atoms in total. The smallest absolute Gasteiger partial charge is 0.229 e. The zero-order valence-corrected chi connectivity index (χ0v) is 11.4. The quantitative estimate of drug-likeness (QED) is 0.875. The molecule has 2 atom stereocenters. The average Bonchev–Trinajstić information content (AvgIpc) is 2.87. The van der Waals surface area contributed by atoms with Gasteiger partial charge in [0.2, 0.25) is 5.91 Å². The minimum Gasteiger partial charge on any atom is -0.327 e. The van der Waals surface area contributed by atoms with Crippen molar-refractivity contribution in [2.75, 3.05) is 5.32 Å². The average molecular weight is 263 g/mol. The van der Waals surface area contributed by atoms with Crippen LogP contribution in [0.25, 0.3) is 0 Å². The van der Waals surface area contributed by atoms with Gasteiger partial charge in [0.05, 0.1) is 11.5 Å². The molecule has 3 N–H and O–H groups in total. The Hall–Kier alpha value is -1.38. The third-order valence-corrected chi connectivity index (χ3v) is 4.68. The highest BCUT2D eigenvalue weighted by Crippen LogP contribution is 2.38. The van der Waals surface area contributed by atoms with Crippen LogP contribution in [-0.2, 0) is 17.6 Å². The van der Waals surface area contributed by atoms with Gasteiger partial charge in [-0.2, -0.15) is 5.26 Å². The van der Waals surface area contributed by atoms with E-state index in [1.54, 1.807) is 6.92 Å². The number of thiophene rings is 1. The molecule has 0 fully saturated rings. The van der Waals surface area contributed by atoms with Crippen molar-refractivity contribution < 1.29 is 4.79 Å². The second-order valence-corrected chi connectivity index (χ2v) is 5.92. The Morgan fingerprint density at radius 1 is 1.50 bits per heavy atom. The number of carbonyl (C=O) groups is 1. The van der Waals surface area contributed by atoms with Gasteiger partial charge in [0.1, 0.15) is 11.1 Å². The lowest BCUT2D eigenvalue weighted by atomic mass is 10.0. The number of amides is 1. The highest BCUT2D eigenvalue weighted by atomic mass is 32.1. The summed E-state index contributed by atoms with van der Waals surface area (Å²) in [5.74, 6) is -0.366. The van der Waals surface area contributed by atoms with Crippen molar-refractivity contribution in [3.63, 3.8) is 0 Å². The molecule has 96 valence electrons. The molecule has 0 aliphatic heterocycles. The molecular formula is C13H17N3OS. The second-order valence-electron chi connectivity index (χ2n) is 4.81. The van der Waals surface area contributed by atoms with Crippen molar-refractivity contribution in [2.45, 2.75) is 39.2 Å². The van der Waals surface area contributed by atoms with E-state index in [0.717, 1.165) is 24.8 Å². The molecular weight excluding hydrogens is 246 g/mol. The van der Waals surface area contributed by atoms with E-state index in [1.807, 2.05) is 6.92 Å². The lowest BCUT2D eigenvalue weighted by Gasteiger charge is -2.14. The second kappa shape index (κ2) is 5.09. The normalized spacial score (nSPS) is 16.8. The summed E-state index contributed by atoms with van der Waals surface area (Å²) in [4.78, 5) is 13.2. The molecule has 2 rings (SSSR count). The van der Waals surface area contributed by atoms with Crippen LogP contribution in [0.2, 0.25) is 0 Å². The first-order valence-electron chi connectivity index (χ1n) is 6.15. The summed E-state index contributed by atoms with van der Waals surface area (Å²) < 4.78 is 0. The predicted octanol–water partition coefficient (Wildman–Crippen LogP) is 2.03. The van der Waals surface area contributed by atoms with Gasteiger partial charge in [-0.05, 0) is 31.7 Å². The maximum atomic E-state index is 12.0. The number of nitriles is 1. The Kier molecular flexibility index (Phi) is 3.69. The molecule has 1 aliphatic rings. The summed E-state index contributed by atoms with van der Waals surface area (Å²) in [6.07, 6.45) is 3.08. The first-order valence-corrected chi connectivity index (χ1v) is 6.97. The number of fused-ring (bicyclic) bond motifs is 1. The molecule has 0 saturated heterocycles. The molecule has 0 spiro atoms. The summed E-state index contributed by atoms with van der Waals surface area (Å²) in [6, 6.07) is 2.02. The Bertz CT molecular complexity index is 513. The van der Waals surface area contributed by atoms with E-state index < -0.39 is 0 Å². The molecule has 5 heteroatoms. The fourth-order valence-corrected chi connectivity index (χ4v) is 3.32. The van der Waals surface area contributed by atoms with Crippen LogP contribution in [-0.4, -0.2) is 11.9 Å². The Balaban J connectivity index is 2.21. The Morgan fingerprint density at radius 2 is 2.22 bits per heavy atom. The van der Waals surface area contributed by atoms with Crippen molar-refractivity contribution in [3.05, 3.63) is 16.0 Å². The summed E-state index contributed by atoms with van der Waals surface area (Å²) in [5.41, 5.74) is 7.49. The maximum Gasteiger partial charge on any atom is 0.229 e. The number of rotatable bonds is 3. The fraction of sp³-hybridized carbons (Fsp3) is 0.538. The van der Waals surface area contributed by atoms with E-state index in [4.69, 9.17) is 5.73 Å². The van der Waals surface area contributed by atoms with E-state index in [1.165, 1.54) is 16.2 Å². The number of carbonyl (C=O) groups excluding carboxylic acids is 1. The fourth-order valence-electron chi connectivity index (χ4n) is 2.08. The zero-order valence-electron chi connectivity index (χ0n) is 10.6. The number of hydrogen-bond acceptors (Lipinski definition) is 4. The number of nitrogens with one attached hydrogen (secondary N) is 1. The van der Waals surface area contributed by atoms with Gasteiger partial charge in [0, 0.05) is 10.9 Å². The molecule has 0 aromatic carbocycles. The van der Waals surface area contributed by atoms with Crippen molar-refractivity contribution in [1.29, 1.82) is 5.26 Å². The number of hydrogen-bond donors (Lipinski definition) is 2. The Morgan fingerprint density at radius 3 is 2.83 bits per heavy atom. The van der Waals surface area contributed by atoms with Crippen molar-refractivity contribution >= 4 is 22.2 Å². The molecule has 0 saturated carbocycles. The van der Waals surface area contributed by atoms with Gasteiger partial charge in [0.25, 0.3) is 0 Å². The lowest BCUT2D eigenvalue weighted by molar-refractivity contribution is -0.119. The largest absolute Gasteiger partial charge is 0.327 e. The lowest BCUT2D eigenvalue weighted by Crippen LogP contribution is -2.34. The van der Waals surface area contributed by atoms with E-state index in [2.05, 4.69) is 11.4 Å². The van der Waals surface area contributed by atoms with Crippen LogP contribution in [0, 0.1) is 17.2 Å². The third kappa shape index (κ3) is 2.26. The predicted molar refractivity (Wildman–Crippen MR) is 72.5 cm³/mol. The van der Waals surface area contributed by atoms with Gasteiger partial charge in [-0.15, -0.1) is 11.3 Å². The monoisotopic (exact) mass is 263 g/mol. The summed E-state index contributed by atoms with van der Waals surface area (Å²) >= 11 is 1.54. The topological polar surface area (TPSA) is 78.9 Å². The highest BCUT2D eigenvalue weighted by molar-refractivity contribution is 7.16. The van der Waals surface area contributed by atoms with E-state index in [0.29, 0.717) is 10.6 Å². The van der Waals surface area contributed by atoms with Gasteiger partial charge in [0.15, 0.2) is 0 Å². The van der Waals surface area contributed by atoms with Crippen LogP contribution in [0.4, 0.5) is 5.00 Å². The highest BCUT2D eigenvalue weighted by Gasteiger charge is 2.25. The summed E-state index contributed by atoms with van der Waals surface area (Å²) in [5, 5.41) is 12.8. The molecule has 0 radical (unpaired) electrons. The van der Waals surface area contributed by atoms with Crippen LogP contribution >= 0.6 is 11.3 Å². The van der Waals surface area contributed by atoms with Gasteiger partial charge in [-0.25, -0.2) is 0 Å². The standard InChI is InChI=1S/C13H17N3OS/c1-7(8(2)15)12(17)16-13-10(6-14)9-4-3-5-11(9)18-13/h7-8H,3-5,15H2,1-2H3,(H,16,17). The van der Waals surface area contributed by atoms with Gasteiger partial charge in [-0.3, -0.25) is 4.79 Å². The molecule has 0 bridgehead atoms. The van der Waals surface area contributed by atoms with Gasteiger partial charge in [-0.1, -0.05) is 6.92 Å². The zero-order chi connectivity index (χ0) is 13.3. The minimum atomic E-state index is -0.256. The van der Waals surface area contributed by atoms with Crippen LogP contribution in [0.5, 0.6) is 0 Å². The number of anilines is 1. The first-order chi connectivity index (χ1) is 8.54. The number of nitrogens with two attached hydrogens (primary N) is 1. The molecule has 1 heterocycles. The van der Waals surface area contributed by atoms with Crippen molar-refractivity contribution in [1.82, 2.24) is 0 Å². The molecule has 1 amide bonds. The Labute approximate surface area is 111 Å². The SMILES string of the molecule is CC(N)C(C)C(=O)Nc1sc2c(c1C#N)CCC2. The van der Waals surface area contributed by atoms with Gasteiger partial charge >= 0.3 is 0 Å². The summed E-state index contributed by atoms with van der Waals surface area (Å²) in [6.45, 7) is 3.61. The van der Waals surface area contributed by atoms with E-state index in [-0.39, 0.29) is 17.9 Å². The molecule has 1 aromatic heterocycles. The molecule has 1 aliphatic carbocycles. The van der Waals surface area contributed by atoms with Crippen LogP contribution in [0.15, 0.2) is 0 Å². The first kappa shape index (κ1) is 13.1. The molecule has 1 aromatic rings. The van der Waals surface area contributed by atoms with E-state index >= 15 is 0 Å². The van der Waals surface area contributed by atoms with Crippen LogP contribution in [0.3, 0.4) is 0 Å². The van der Waals surface area contributed by atoms with Crippen molar-refractivity contribution in [2.24, 2.45) is 11.7 Å². The van der Waals surface area contributed by atoms with Crippen LogP contribution < -0.4 is 11.1 Å². The number of aryl methyl sites for hydroxylation is 1. The number of nitrogens with zero attached hydrogens (tertiary/aromatic N) is 1. The third-order valence-electron chi connectivity index (χ3n) is 3.47. The van der Waals surface area contributed by atoms with Crippen molar-refractivity contribution in [3.8, 4) is 6.07 Å². The minimum absolute atomic E-state index is 0.110. The van der Waals surface area contributed by atoms with Crippen LogP contribution in [0.1, 0.15) is 36.3 Å². The van der Waals surface area contributed by atoms with Gasteiger partial charge < -0.3 is 11.1 Å². The molecule has 18 heavy (non-hydrogen) atoms. The summed E-state index contributed by atoms with van der Waals surface area (Å²) in [7, 11) is 0. The van der Waals surface area contributed by atoms with E-state index in [9.17, 15) is 10.1 Å². The molecule has 2 unspecified atom stereocenters. The maximum absolute atomic E-state index is 12.0.